The Bertz CT molecular complexity index is 1420. The molecule has 1 saturated heterocycles. The van der Waals surface area contributed by atoms with Crippen molar-refractivity contribution in [3.63, 3.8) is 0 Å². The van der Waals surface area contributed by atoms with Gasteiger partial charge in [0.15, 0.2) is 17.4 Å². The Kier molecular flexibility index (Phi) is 22.3. The smallest absolute Gasteiger partial charge is 0.160 e. The highest BCUT2D eigenvalue weighted by Gasteiger charge is 2.16. The topological polar surface area (TPSA) is 68.7 Å². The van der Waals surface area contributed by atoms with Gasteiger partial charge in [0.1, 0.15) is 17.2 Å². The molecule has 2 heterocycles. The second-order valence-corrected chi connectivity index (χ2v) is 12.7. The highest BCUT2D eigenvalue weighted by atomic mass is 19.1. The number of benzene rings is 2. The van der Waals surface area contributed by atoms with Gasteiger partial charge in [-0.1, -0.05) is 73.6 Å². The summed E-state index contributed by atoms with van der Waals surface area (Å²) in [5.41, 5.74) is 1.87. The fourth-order valence-corrected chi connectivity index (χ4v) is 6.06. The molecule has 284 valence electrons. The van der Waals surface area contributed by atoms with Gasteiger partial charge in [-0.05, 0) is 113 Å². The third-order valence-corrected chi connectivity index (χ3v) is 8.80. The summed E-state index contributed by atoms with van der Waals surface area (Å²) in [6, 6.07) is 14.4. The van der Waals surface area contributed by atoms with Crippen LogP contribution in [0.4, 0.5) is 10.2 Å². The largest absolute Gasteiger partial charge is 0.497 e. The number of nitrogens with one attached hydrogen (secondary N) is 1. The van der Waals surface area contributed by atoms with Gasteiger partial charge >= 0.3 is 0 Å². The average Bonchev–Trinajstić information content (AvgIpc) is 3.70. The number of rotatable bonds is 20. The summed E-state index contributed by atoms with van der Waals surface area (Å²) in [4.78, 5) is 2.45. The molecule has 2 aromatic carbocycles. The van der Waals surface area contributed by atoms with Crippen LogP contribution in [0.3, 0.4) is 0 Å². The predicted molar refractivity (Wildman–Crippen MR) is 215 cm³/mol. The fraction of sp³-hybridized carbons (Fsp3) is 0.581. The van der Waals surface area contributed by atoms with Crippen molar-refractivity contribution >= 4 is 16.6 Å². The van der Waals surface area contributed by atoms with Gasteiger partial charge in [0, 0.05) is 28.9 Å². The van der Waals surface area contributed by atoms with Crippen molar-refractivity contribution < 1.29 is 18.6 Å². The molecule has 1 aromatic heterocycles. The van der Waals surface area contributed by atoms with E-state index in [-0.39, 0.29) is 5.83 Å². The molecule has 4 rings (SSSR count). The number of nitrogens with zero attached hydrogens (tertiary/aromatic N) is 3. The minimum atomic E-state index is -0.204. The van der Waals surface area contributed by atoms with Crippen molar-refractivity contribution in [1.82, 2.24) is 15.1 Å². The number of allylic oxidation sites excluding steroid dienone is 3. The Morgan fingerprint density at radius 3 is 2.16 bits per heavy atom. The van der Waals surface area contributed by atoms with E-state index in [9.17, 15) is 4.39 Å². The number of ether oxygens (including phenoxy) is 3. The van der Waals surface area contributed by atoms with E-state index in [1.807, 2.05) is 64.1 Å². The molecule has 0 amide bonds. The lowest BCUT2D eigenvalue weighted by molar-refractivity contribution is 0.187. The second-order valence-electron chi connectivity index (χ2n) is 12.7. The lowest BCUT2D eigenvalue weighted by atomic mass is 10.0. The Morgan fingerprint density at radius 1 is 0.824 bits per heavy atom. The maximum atomic E-state index is 13.8. The number of anilines is 1. The summed E-state index contributed by atoms with van der Waals surface area (Å²) < 4.78 is 30.2. The Labute approximate surface area is 309 Å². The number of likely N-dealkylation sites (tertiary alicyclic amines) is 1. The van der Waals surface area contributed by atoms with Gasteiger partial charge in [-0.25, -0.2) is 4.39 Å². The van der Waals surface area contributed by atoms with Gasteiger partial charge in [0.05, 0.1) is 20.8 Å². The maximum Gasteiger partial charge on any atom is 0.160 e. The van der Waals surface area contributed by atoms with Gasteiger partial charge < -0.3 is 24.4 Å². The summed E-state index contributed by atoms with van der Waals surface area (Å²) in [6.45, 7) is 16.6. The number of aromatic nitrogens is 2. The highest BCUT2D eigenvalue weighted by molar-refractivity contribution is 6.00. The molecule has 0 spiro atoms. The van der Waals surface area contributed by atoms with Gasteiger partial charge in [-0.3, -0.25) is 0 Å². The third kappa shape index (κ3) is 15.2. The zero-order valence-corrected chi connectivity index (χ0v) is 33.0. The molecule has 1 aliphatic heterocycles. The van der Waals surface area contributed by atoms with Crippen LogP contribution in [0.5, 0.6) is 11.5 Å². The normalized spacial score (nSPS) is 13.9. The number of fused-ring (bicyclic) bond motifs is 1. The first-order valence-electron chi connectivity index (χ1n) is 19.6. The molecule has 0 radical (unpaired) electrons. The van der Waals surface area contributed by atoms with Crippen LogP contribution < -0.4 is 14.8 Å². The first kappa shape index (κ1) is 43.5. The van der Waals surface area contributed by atoms with Gasteiger partial charge in [0.2, 0.25) is 0 Å². The highest BCUT2D eigenvalue weighted by Crippen LogP contribution is 2.34. The van der Waals surface area contributed by atoms with E-state index in [2.05, 4.69) is 46.4 Å². The summed E-state index contributed by atoms with van der Waals surface area (Å²) in [5, 5.41) is 15.0. The molecule has 1 fully saturated rings. The quantitative estimate of drug-likeness (QED) is 0.0712. The first-order chi connectivity index (χ1) is 25.0. The Morgan fingerprint density at radius 2 is 1.53 bits per heavy atom. The fourth-order valence-electron chi connectivity index (χ4n) is 6.06. The van der Waals surface area contributed by atoms with Crippen molar-refractivity contribution in [2.45, 2.75) is 125 Å². The molecule has 1 N–H and O–H groups in total. The van der Waals surface area contributed by atoms with Crippen LogP contribution in [0.2, 0.25) is 0 Å². The second kappa shape index (κ2) is 26.2. The molecular weight excluding hydrogens is 639 g/mol. The average molecular weight is 707 g/mol. The summed E-state index contributed by atoms with van der Waals surface area (Å²) in [5.74, 6) is 2.70. The first-order valence-corrected chi connectivity index (χ1v) is 19.6. The minimum absolute atomic E-state index is 0.204. The van der Waals surface area contributed by atoms with E-state index < -0.39 is 0 Å². The number of methoxy groups -OCH3 is 2. The molecule has 1 unspecified atom stereocenters. The molecule has 3 aromatic rings. The van der Waals surface area contributed by atoms with Crippen LogP contribution >= 0.6 is 0 Å². The zero-order chi connectivity index (χ0) is 37.3. The Hall–Kier alpha value is -3.65. The number of hydrogen-bond donors (Lipinski definition) is 1. The third-order valence-electron chi connectivity index (χ3n) is 8.80. The van der Waals surface area contributed by atoms with Crippen molar-refractivity contribution in [2.75, 3.05) is 45.8 Å². The van der Waals surface area contributed by atoms with Crippen LogP contribution in [0.1, 0.15) is 119 Å². The molecule has 1 atom stereocenters. The van der Waals surface area contributed by atoms with E-state index in [1.165, 1.54) is 45.2 Å². The van der Waals surface area contributed by atoms with Crippen molar-refractivity contribution in [3.8, 4) is 22.8 Å². The lowest BCUT2D eigenvalue weighted by Crippen LogP contribution is -2.21. The summed E-state index contributed by atoms with van der Waals surface area (Å²) in [7, 11) is 3.36. The molecule has 0 bridgehead atoms. The Balaban J connectivity index is 0.000000371. The SMILES string of the molecule is CC.CC/C=C(OCCCN1CCCC1)\C(F)=C/CCC.CCCCCC(CCC)Nc1nnc(-c2ccc(OC)cc2)c2ccc(OC)cc12. The van der Waals surface area contributed by atoms with Crippen molar-refractivity contribution in [1.29, 1.82) is 0 Å². The van der Waals surface area contributed by atoms with E-state index in [4.69, 9.17) is 14.2 Å². The molecule has 8 heteroatoms. The molecule has 1 aliphatic rings. The van der Waals surface area contributed by atoms with Crippen LogP contribution in [0.25, 0.3) is 22.0 Å². The van der Waals surface area contributed by atoms with Gasteiger partial charge in [0.25, 0.3) is 0 Å². The lowest BCUT2D eigenvalue weighted by Gasteiger charge is -2.20. The van der Waals surface area contributed by atoms with Crippen molar-refractivity contribution in [2.24, 2.45) is 0 Å². The van der Waals surface area contributed by atoms with E-state index in [0.29, 0.717) is 18.4 Å². The minimum Gasteiger partial charge on any atom is -0.497 e. The van der Waals surface area contributed by atoms with Crippen LogP contribution in [-0.4, -0.2) is 61.6 Å². The molecular formula is C43H67FN4O3. The molecule has 0 saturated carbocycles. The molecule has 0 aliphatic carbocycles. The molecule has 7 nitrogen and oxygen atoms in total. The monoisotopic (exact) mass is 707 g/mol. The number of halogens is 1. The van der Waals surface area contributed by atoms with Crippen LogP contribution in [0, 0.1) is 0 Å². The maximum absolute atomic E-state index is 13.8. The van der Waals surface area contributed by atoms with Crippen LogP contribution in [-0.2, 0) is 4.74 Å². The van der Waals surface area contributed by atoms with E-state index in [1.54, 1.807) is 20.3 Å². The standard InChI is InChI=1S/C25H33N3O2.C16H28FNO.C2H6/c1-5-7-8-10-19(9-6-2)26-25-23-17-21(30-4)15-16-22(23)24(27-28-25)18-11-13-20(29-3)14-12-18;1-3-5-10-15(17)16(9-4-2)19-14-8-13-18-11-6-7-12-18;1-2/h11-17,19H,5-10H2,1-4H3,(H,26,28);9-10H,3-8,11-14H2,1-2H3;1-2H3/b;15-10+,16-9+;. The van der Waals surface area contributed by atoms with Gasteiger partial charge in [-0.2, -0.15) is 0 Å². The van der Waals surface area contributed by atoms with Crippen LogP contribution in [0.15, 0.2) is 66.2 Å². The van der Waals surface area contributed by atoms with Gasteiger partial charge in [-0.15, -0.1) is 10.2 Å². The zero-order valence-electron chi connectivity index (χ0n) is 33.0. The van der Waals surface area contributed by atoms with E-state index in [0.717, 1.165) is 90.8 Å². The molecule has 51 heavy (non-hydrogen) atoms. The summed E-state index contributed by atoms with van der Waals surface area (Å²) >= 11 is 0. The summed E-state index contributed by atoms with van der Waals surface area (Å²) in [6.07, 6.45) is 16.7. The predicted octanol–water partition coefficient (Wildman–Crippen LogP) is 11.9. The van der Waals surface area contributed by atoms with E-state index >= 15 is 0 Å². The number of unbranched alkanes of at least 4 members (excludes halogenated alkanes) is 3. The van der Waals surface area contributed by atoms with Crippen molar-refractivity contribution in [3.05, 3.63) is 66.2 Å². The number of hydrogen-bond acceptors (Lipinski definition) is 7.